The number of fused-ring (bicyclic) bond motifs is 2. The first kappa shape index (κ1) is 26.5. The van der Waals surface area contributed by atoms with Crippen LogP contribution in [0.1, 0.15) is 47.3 Å². The standard InChI is InChI=1S/C29H30ClN3O4S2/c1-37-21-4-2-5-22(17-21)39(35,36)33-26-10-9-20(28(34)32-18-25-24(30)6-3-13-31-25)16-23(26)29(11-14-38-15-12-29)27(33)19-7-8-19/h2-6,9-10,13,16-17,19,27H,7-8,11-12,14-15,18H2,1H3,(H,32,34). The van der Waals surface area contributed by atoms with Crippen molar-refractivity contribution < 1.29 is 17.9 Å². The molecule has 1 N–H and O–H groups in total. The molecule has 1 atom stereocenters. The summed E-state index contributed by atoms with van der Waals surface area (Å²) in [5.74, 6) is 2.48. The minimum Gasteiger partial charge on any atom is -0.497 e. The fourth-order valence-corrected chi connectivity index (χ4v) is 9.37. The second-order valence-electron chi connectivity index (χ2n) is 10.4. The van der Waals surface area contributed by atoms with Crippen LogP contribution in [0, 0.1) is 5.92 Å². The van der Waals surface area contributed by atoms with Crippen molar-refractivity contribution in [1.29, 1.82) is 0 Å². The van der Waals surface area contributed by atoms with E-state index in [0.717, 1.165) is 42.8 Å². The largest absolute Gasteiger partial charge is 0.497 e. The summed E-state index contributed by atoms with van der Waals surface area (Å²) in [7, 11) is -2.34. The second-order valence-corrected chi connectivity index (χ2v) is 13.8. The highest BCUT2D eigenvalue weighted by Gasteiger charge is 2.59. The first-order chi connectivity index (χ1) is 18.8. The van der Waals surface area contributed by atoms with Crippen LogP contribution in [0.15, 0.2) is 65.7 Å². The molecule has 204 valence electrons. The molecule has 2 aliphatic heterocycles. The van der Waals surface area contributed by atoms with Crippen LogP contribution in [-0.4, -0.2) is 44.0 Å². The van der Waals surface area contributed by atoms with Gasteiger partial charge < -0.3 is 10.1 Å². The third-order valence-corrected chi connectivity index (χ3v) is 11.3. The van der Waals surface area contributed by atoms with Crippen LogP contribution < -0.4 is 14.4 Å². The quantitative estimate of drug-likeness (QED) is 0.399. The van der Waals surface area contributed by atoms with E-state index in [1.807, 2.05) is 23.9 Å². The molecule has 3 aromatic rings. The zero-order valence-corrected chi connectivity index (χ0v) is 24.0. The molecule has 1 amide bonds. The Bertz CT molecular complexity index is 1520. The maximum Gasteiger partial charge on any atom is 0.264 e. The number of ether oxygens (including phenoxy) is 1. The molecule has 0 bridgehead atoms. The van der Waals surface area contributed by atoms with E-state index >= 15 is 0 Å². The molecule has 2 aromatic carbocycles. The van der Waals surface area contributed by atoms with Gasteiger partial charge in [-0.15, -0.1) is 0 Å². The van der Waals surface area contributed by atoms with Gasteiger partial charge in [0.15, 0.2) is 0 Å². The number of halogens is 1. The molecule has 1 spiro atoms. The first-order valence-corrected chi connectivity index (χ1v) is 16.1. The third-order valence-electron chi connectivity index (χ3n) is 8.15. The summed E-state index contributed by atoms with van der Waals surface area (Å²) in [6, 6.07) is 15.5. The lowest BCUT2D eigenvalue weighted by Crippen LogP contribution is -2.50. The lowest BCUT2D eigenvalue weighted by molar-refractivity contribution is 0.0950. The summed E-state index contributed by atoms with van der Waals surface area (Å²) < 4.78 is 35.6. The van der Waals surface area contributed by atoms with E-state index in [2.05, 4.69) is 10.3 Å². The molecule has 39 heavy (non-hydrogen) atoms. The van der Waals surface area contributed by atoms with Gasteiger partial charge in [-0.1, -0.05) is 17.7 Å². The Kier molecular flexibility index (Phi) is 7.02. The van der Waals surface area contributed by atoms with Gasteiger partial charge in [-0.25, -0.2) is 8.42 Å². The van der Waals surface area contributed by atoms with Crippen molar-refractivity contribution >= 4 is 45.0 Å². The van der Waals surface area contributed by atoms with Gasteiger partial charge in [0.1, 0.15) is 5.75 Å². The van der Waals surface area contributed by atoms with Crippen LogP contribution in [0.3, 0.4) is 0 Å². The summed E-state index contributed by atoms with van der Waals surface area (Å²) in [6.07, 6.45) is 5.42. The Hall–Kier alpha value is -2.75. The molecule has 0 radical (unpaired) electrons. The lowest BCUT2D eigenvalue weighted by Gasteiger charge is -2.41. The molecule has 2 fully saturated rings. The van der Waals surface area contributed by atoms with E-state index in [0.29, 0.717) is 33.6 Å². The summed E-state index contributed by atoms with van der Waals surface area (Å²) in [5.41, 5.74) is 2.43. The van der Waals surface area contributed by atoms with Gasteiger partial charge in [0.25, 0.3) is 15.9 Å². The van der Waals surface area contributed by atoms with E-state index in [4.69, 9.17) is 16.3 Å². The molecule has 1 unspecified atom stereocenters. The Balaban J connectivity index is 1.41. The number of anilines is 1. The lowest BCUT2D eigenvalue weighted by atomic mass is 9.70. The SMILES string of the molecule is COc1cccc(S(=O)(=O)N2c3ccc(C(=O)NCc4ncccc4Cl)cc3C3(CCSCC3)C2C2CC2)c1. The molecule has 3 aliphatic rings. The van der Waals surface area contributed by atoms with Crippen molar-refractivity contribution in [3.63, 3.8) is 0 Å². The van der Waals surface area contributed by atoms with Crippen molar-refractivity contribution in [2.45, 2.75) is 48.6 Å². The number of hydrogen-bond acceptors (Lipinski definition) is 6. The second kappa shape index (κ2) is 10.3. The van der Waals surface area contributed by atoms with Gasteiger partial charge >= 0.3 is 0 Å². The molecule has 3 heterocycles. The molecule has 1 aromatic heterocycles. The fourth-order valence-electron chi connectivity index (χ4n) is 6.13. The molecule has 1 saturated heterocycles. The Morgan fingerprint density at radius 2 is 1.95 bits per heavy atom. The Morgan fingerprint density at radius 3 is 2.67 bits per heavy atom. The summed E-state index contributed by atoms with van der Waals surface area (Å²) in [6.45, 7) is 0.207. The van der Waals surface area contributed by atoms with Crippen molar-refractivity contribution in [2.24, 2.45) is 5.92 Å². The van der Waals surface area contributed by atoms with Crippen molar-refractivity contribution in [3.05, 3.63) is 82.6 Å². The van der Waals surface area contributed by atoms with Crippen LogP contribution in [-0.2, 0) is 22.0 Å². The number of aromatic nitrogens is 1. The van der Waals surface area contributed by atoms with Gasteiger partial charge in [0.2, 0.25) is 0 Å². The minimum absolute atomic E-state index is 0.171. The number of methoxy groups -OCH3 is 1. The number of nitrogens with one attached hydrogen (secondary N) is 1. The van der Waals surface area contributed by atoms with Crippen LogP contribution in [0.2, 0.25) is 5.02 Å². The van der Waals surface area contributed by atoms with Crippen LogP contribution in [0.5, 0.6) is 5.75 Å². The number of sulfonamides is 1. The number of carbonyl (C=O) groups excluding carboxylic acids is 1. The van der Waals surface area contributed by atoms with E-state index in [1.165, 1.54) is 7.11 Å². The molecular weight excluding hydrogens is 554 g/mol. The highest BCUT2D eigenvalue weighted by Crippen LogP contribution is 2.59. The Morgan fingerprint density at radius 1 is 1.15 bits per heavy atom. The molecule has 1 aliphatic carbocycles. The Labute approximate surface area is 238 Å². The van der Waals surface area contributed by atoms with Crippen molar-refractivity contribution in [1.82, 2.24) is 10.3 Å². The highest BCUT2D eigenvalue weighted by molar-refractivity contribution is 7.99. The minimum atomic E-state index is -3.88. The highest BCUT2D eigenvalue weighted by atomic mass is 35.5. The van der Waals surface area contributed by atoms with Crippen molar-refractivity contribution in [2.75, 3.05) is 22.9 Å². The van der Waals surface area contributed by atoms with Crippen LogP contribution >= 0.6 is 23.4 Å². The summed E-state index contributed by atoms with van der Waals surface area (Å²) >= 11 is 8.13. The monoisotopic (exact) mass is 583 g/mol. The summed E-state index contributed by atoms with van der Waals surface area (Å²) in [5, 5.41) is 3.43. The summed E-state index contributed by atoms with van der Waals surface area (Å²) in [4.78, 5) is 17.7. The third kappa shape index (κ3) is 4.68. The fraction of sp³-hybridized carbons (Fsp3) is 0.379. The van der Waals surface area contributed by atoms with E-state index in [1.54, 1.807) is 53.0 Å². The van der Waals surface area contributed by atoms with Gasteiger partial charge in [-0.05, 0) is 91.1 Å². The van der Waals surface area contributed by atoms with Gasteiger partial charge in [0, 0.05) is 23.2 Å². The van der Waals surface area contributed by atoms with Crippen LogP contribution in [0.25, 0.3) is 0 Å². The van der Waals surface area contributed by atoms with E-state index in [-0.39, 0.29) is 28.8 Å². The molecule has 6 rings (SSSR count). The maximum atomic E-state index is 14.3. The zero-order valence-electron chi connectivity index (χ0n) is 21.6. The van der Waals surface area contributed by atoms with Gasteiger partial charge in [0.05, 0.1) is 41.0 Å². The maximum absolute atomic E-state index is 14.3. The topological polar surface area (TPSA) is 88.6 Å². The molecular formula is C29H30ClN3O4S2. The van der Waals surface area contributed by atoms with E-state index in [9.17, 15) is 13.2 Å². The normalized spacial score (nSPS) is 20.1. The smallest absolute Gasteiger partial charge is 0.264 e. The number of amides is 1. The van der Waals surface area contributed by atoms with E-state index < -0.39 is 10.0 Å². The predicted molar refractivity (Wildman–Crippen MR) is 154 cm³/mol. The number of hydrogen-bond donors (Lipinski definition) is 1. The average molecular weight is 584 g/mol. The predicted octanol–water partition coefficient (Wildman–Crippen LogP) is 5.43. The van der Waals surface area contributed by atoms with Crippen LogP contribution in [0.4, 0.5) is 5.69 Å². The molecule has 7 nitrogen and oxygen atoms in total. The molecule has 10 heteroatoms. The number of rotatable bonds is 7. The number of thioether (sulfide) groups is 1. The number of benzene rings is 2. The zero-order chi connectivity index (χ0) is 27.2. The number of nitrogens with zero attached hydrogens (tertiary/aromatic N) is 2. The van der Waals surface area contributed by atoms with Gasteiger partial charge in [-0.3, -0.25) is 14.1 Å². The number of carbonyl (C=O) groups is 1. The first-order valence-electron chi connectivity index (χ1n) is 13.1. The average Bonchev–Trinajstić information content (AvgIpc) is 3.76. The molecule has 1 saturated carbocycles. The number of pyridine rings is 1. The van der Waals surface area contributed by atoms with Gasteiger partial charge in [-0.2, -0.15) is 11.8 Å². The van der Waals surface area contributed by atoms with Crippen molar-refractivity contribution in [3.8, 4) is 5.75 Å².